The van der Waals surface area contributed by atoms with Crippen LogP contribution in [0.15, 0.2) is 71.3 Å². The van der Waals surface area contributed by atoms with Crippen molar-refractivity contribution >= 4 is 22.8 Å². The summed E-state index contributed by atoms with van der Waals surface area (Å²) in [5.41, 5.74) is 3.49. The second-order valence-corrected chi connectivity index (χ2v) is 8.56. The molecule has 1 N–H and O–H groups in total. The van der Waals surface area contributed by atoms with Crippen molar-refractivity contribution in [3.05, 3.63) is 83.8 Å². The summed E-state index contributed by atoms with van der Waals surface area (Å²) in [6.45, 7) is 2.37. The Balaban J connectivity index is 1.44. The number of rotatable bonds is 9. The number of hydrogen-bond donors (Lipinski definition) is 1. The van der Waals surface area contributed by atoms with E-state index in [1.54, 1.807) is 21.9 Å². The molecule has 1 unspecified atom stereocenters. The summed E-state index contributed by atoms with van der Waals surface area (Å²) in [5.74, 6) is 0.270. The Morgan fingerprint density at radius 1 is 1.12 bits per heavy atom. The molecule has 0 radical (unpaired) electrons. The van der Waals surface area contributed by atoms with Crippen molar-refractivity contribution in [1.82, 2.24) is 25.2 Å². The Labute approximate surface area is 197 Å². The van der Waals surface area contributed by atoms with Gasteiger partial charge in [0.1, 0.15) is 23.9 Å². The Hall–Kier alpha value is -3.94. The number of nitrogens with zero attached hydrogens (tertiary/aromatic N) is 4. The van der Waals surface area contributed by atoms with Gasteiger partial charge >= 0.3 is 0 Å². The molecule has 8 heteroatoms. The molecule has 0 spiro atoms. The van der Waals surface area contributed by atoms with E-state index in [2.05, 4.69) is 22.6 Å². The van der Waals surface area contributed by atoms with Crippen LogP contribution in [0, 0.1) is 0 Å². The number of para-hydroxylation sites is 1. The first kappa shape index (κ1) is 21.9. The second-order valence-electron chi connectivity index (χ2n) is 8.56. The van der Waals surface area contributed by atoms with E-state index in [4.69, 9.17) is 4.42 Å². The van der Waals surface area contributed by atoms with Gasteiger partial charge in [-0.2, -0.15) is 0 Å². The molecule has 2 amide bonds. The van der Waals surface area contributed by atoms with E-state index in [0.717, 1.165) is 35.9 Å². The molecule has 34 heavy (non-hydrogen) atoms. The Kier molecular flexibility index (Phi) is 6.12. The van der Waals surface area contributed by atoms with Gasteiger partial charge in [-0.05, 0) is 54.7 Å². The molecule has 2 aromatic heterocycles. The Morgan fingerprint density at radius 2 is 1.91 bits per heavy atom. The Bertz CT molecular complexity index is 1280. The molecule has 0 saturated heterocycles. The van der Waals surface area contributed by atoms with Gasteiger partial charge in [-0.1, -0.05) is 48.5 Å². The number of fused-ring (bicyclic) bond motifs is 1. The van der Waals surface area contributed by atoms with Crippen molar-refractivity contribution in [2.75, 3.05) is 0 Å². The van der Waals surface area contributed by atoms with E-state index in [1.165, 1.54) is 5.56 Å². The SMILES string of the molecule is CCc1ccc(C(C(=O)NCc2ccco2)N(C(=O)Cn2nnc3ccccc32)C2CC2)cc1. The first-order valence-corrected chi connectivity index (χ1v) is 11.6. The van der Waals surface area contributed by atoms with Gasteiger partial charge in [0.25, 0.3) is 0 Å². The lowest BCUT2D eigenvalue weighted by atomic mass is 10.0. The molecular weight excluding hydrogens is 430 g/mol. The molecule has 174 valence electrons. The van der Waals surface area contributed by atoms with Crippen molar-refractivity contribution < 1.29 is 14.0 Å². The van der Waals surface area contributed by atoms with Crippen molar-refractivity contribution in [3.8, 4) is 0 Å². The molecule has 0 aliphatic heterocycles. The van der Waals surface area contributed by atoms with Gasteiger partial charge in [0.05, 0.1) is 18.3 Å². The zero-order valence-corrected chi connectivity index (χ0v) is 19.1. The summed E-state index contributed by atoms with van der Waals surface area (Å²) in [6, 6.07) is 18.3. The highest BCUT2D eigenvalue weighted by Gasteiger charge is 2.41. The van der Waals surface area contributed by atoms with Crippen LogP contribution in [0.4, 0.5) is 0 Å². The highest BCUT2D eigenvalue weighted by atomic mass is 16.3. The van der Waals surface area contributed by atoms with E-state index in [0.29, 0.717) is 5.76 Å². The van der Waals surface area contributed by atoms with Crippen LogP contribution in [0.3, 0.4) is 0 Å². The highest BCUT2D eigenvalue weighted by molar-refractivity contribution is 5.89. The first-order valence-electron chi connectivity index (χ1n) is 11.6. The normalized spacial score (nSPS) is 14.1. The maximum atomic E-state index is 13.6. The van der Waals surface area contributed by atoms with E-state index < -0.39 is 6.04 Å². The standard InChI is InChI=1S/C26H27N5O3/c1-2-18-9-11-19(12-10-18)25(26(33)27-16-21-6-5-15-34-21)31(20-13-14-20)24(32)17-30-23-8-4-3-7-22(23)28-29-30/h3-12,15,20,25H,2,13-14,16-17H2,1H3,(H,27,33). The molecular formula is C26H27N5O3. The van der Waals surface area contributed by atoms with Crippen LogP contribution in [-0.2, 0) is 29.1 Å². The average molecular weight is 458 g/mol. The number of nitrogens with one attached hydrogen (secondary N) is 1. The molecule has 1 aliphatic carbocycles. The number of carbonyl (C=O) groups excluding carboxylic acids is 2. The van der Waals surface area contributed by atoms with E-state index in [9.17, 15) is 9.59 Å². The summed E-state index contributed by atoms with van der Waals surface area (Å²) >= 11 is 0. The molecule has 1 atom stereocenters. The lowest BCUT2D eigenvalue weighted by Gasteiger charge is -2.31. The third-order valence-electron chi connectivity index (χ3n) is 6.18. The maximum Gasteiger partial charge on any atom is 0.247 e. The van der Waals surface area contributed by atoms with Crippen molar-refractivity contribution in [3.63, 3.8) is 0 Å². The lowest BCUT2D eigenvalue weighted by Crippen LogP contribution is -2.46. The third-order valence-corrected chi connectivity index (χ3v) is 6.18. The van der Waals surface area contributed by atoms with Gasteiger partial charge in [0.2, 0.25) is 11.8 Å². The molecule has 4 aromatic rings. The van der Waals surface area contributed by atoms with Crippen LogP contribution in [-0.4, -0.2) is 37.7 Å². The minimum absolute atomic E-state index is 0.0199. The molecule has 0 bridgehead atoms. The number of aromatic nitrogens is 3. The van der Waals surface area contributed by atoms with Gasteiger partial charge in [0, 0.05) is 6.04 Å². The first-order chi connectivity index (χ1) is 16.6. The minimum Gasteiger partial charge on any atom is -0.467 e. The van der Waals surface area contributed by atoms with Crippen LogP contribution < -0.4 is 5.32 Å². The van der Waals surface area contributed by atoms with E-state index in [1.807, 2.05) is 54.6 Å². The summed E-state index contributed by atoms with van der Waals surface area (Å²) in [5, 5.41) is 11.3. The van der Waals surface area contributed by atoms with Gasteiger partial charge in [-0.15, -0.1) is 5.10 Å². The van der Waals surface area contributed by atoms with Gasteiger partial charge in [0.15, 0.2) is 0 Å². The van der Waals surface area contributed by atoms with E-state index in [-0.39, 0.29) is 30.9 Å². The predicted molar refractivity (Wildman–Crippen MR) is 127 cm³/mol. The number of carbonyl (C=O) groups is 2. The largest absolute Gasteiger partial charge is 0.467 e. The minimum atomic E-state index is -0.740. The Morgan fingerprint density at radius 3 is 2.62 bits per heavy atom. The molecule has 2 heterocycles. The van der Waals surface area contributed by atoms with Crippen molar-refractivity contribution in [1.29, 1.82) is 0 Å². The maximum absolute atomic E-state index is 13.6. The van der Waals surface area contributed by atoms with Crippen molar-refractivity contribution in [2.24, 2.45) is 0 Å². The number of hydrogen-bond acceptors (Lipinski definition) is 5. The molecule has 8 nitrogen and oxygen atoms in total. The fraction of sp³-hybridized carbons (Fsp3) is 0.308. The van der Waals surface area contributed by atoms with Crippen LogP contribution in [0.2, 0.25) is 0 Å². The molecule has 1 fully saturated rings. The fourth-order valence-electron chi connectivity index (χ4n) is 4.21. The van der Waals surface area contributed by atoms with Gasteiger partial charge < -0.3 is 14.6 Å². The average Bonchev–Trinajstić information content (AvgIpc) is 3.40. The number of aryl methyl sites for hydroxylation is 1. The summed E-state index contributed by atoms with van der Waals surface area (Å²) in [4.78, 5) is 28.9. The molecule has 2 aromatic carbocycles. The fourth-order valence-corrected chi connectivity index (χ4v) is 4.21. The topological polar surface area (TPSA) is 93.3 Å². The van der Waals surface area contributed by atoms with Gasteiger partial charge in [-0.25, -0.2) is 4.68 Å². The van der Waals surface area contributed by atoms with Crippen LogP contribution >= 0.6 is 0 Å². The van der Waals surface area contributed by atoms with E-state index >= 15 is 0 Å². The molecule has 5 rings (SSSR count). The highest BCUT2D eigenvalue weighted by Crippen LogP contribution is 2.35. The number of furan rings is 1. The molecule has 1 saturated carbocycles. The monoisotopic (exact) mass is 457 g/mol. The summed E-state index contributed by atoms with van der Waals surface area (Å²) in [6.07, 6.45) is 4.23. The zero-order chi connectivity index (χ0) is 23.5. The molecule has 1 aliphatic rings. The van der Waals surface area contributed by atoms with Crippen LogP contribution in [0.1, 0.15) is 42.7 Å². The van der Waals surface area contributed by atoms with Crippen LogP contribution in [0.5, 0.6) is 0 Å². The third kappa shape index (κ3) is 4.57. The predicted octanol–water partition coefficient (Wildman–Crippen LogP) is 3.64. The summed E-state index contributed by atoms with van der Waals surface area (Å²) < 4.78 is 6.97. The van der Waals surface area contributed by atoms with Gasteiger partial charge in [-0.3, -0.25) is 9.59 Å². The smallest absolute Gasteiger partial charge is 0.247 e. The zero-order valence-electron chi connectivity index (χ0n) is 19.1. The van der Waals surface area contributed by atoms with Crippen LogP contribution in [0.25, 0.3) is 11.0 Å². The van der Waals surface area contributed by atoms with Crippen molar-refractivity contribution in [2.45, 2.75) is 51.4 Å². The summed E-state index contributed by atoms with van der Waals surface area (Å²) in [7, 11) is 0. The number of benzene rings is 2. The quantitative estimate of drug-likeness (QED) is 0.414. The lowest BCUT2D eigenvalue weighted by molar-refractivity contribution is -0.142. The second kappa shape index (κ2) is 9.51. The number of amides is 2.